The van der Waals surface area contributed by atoms with Crippen LogP contribution in [0.1, 0.15) is 43.9 Å². The summed E-state index contributed by atoms with van der Waals surface area (Å²) in [6.45, 7) is 4.45. The molecule has 1 aliphatic carbocycles. The summed E-state index contributed by atoms with van der Waals surface area (Å²) in [5, 5.41) is 7.16. The van der Waals surface area contributed by atoms with Crippen molar-refractivity contribution < 1.29 is 9.59 Å². The number of carbonyl (C=O) groups is 2. The second kappa shape index (κ2) is 6.59. The Morgan fingerprint density at radius 1 is 1.23 bits per heavy atom. The molecule has 4 rings (SSSR count). The molecule has 1 atom stereocenters. The van der Waals surface area contributed by atoms with E-state index in [1.807, 2.05) is 19.9 Å². The number of amides is 2. The van der Waals surface area contributed by atoms with E-state index in [2.05, 4.69) is 22.5 Å². The minimum absolute atomic E-state index is 0.0143. The van der Waals surface area contributed by atoms with Crippen LogP contribution in [-0.4, -0.2) is 28.1 Å². The second-order valence-electron chi connectivity index (χ2n) is 7.46. The van der Waals surface area contributed by atoms with Gasteiger partial charge in [0.1, 0.15) is 5.82 Å². The number of nitrogens with zero attached hydrogens (tertiary/aromatic N) is 3. The molecule has 1 fully saturated rings. The number of benzene rings is 1. The standard InChI is InChI=1S/C20H24N4O2/c1-13(2)24-18(8-9-21-24)22-20(26)16-11-19(25)23(12-16)17-7-6-14-4-3-5-15(14)10-17/h6-10,13,16H,3-5,11-12H2,1-2H3,(H,22,26)/t16-/m0/s1. The monoisotopic (exact) mass is 352 g/mol. The highest BCUT2D eigenvalue weighted by atomic mass is 16.2. The Labute approximate surface area is 153 Å². The van der Waals surface area contributed by atoms with Crippen molar-refractivity contribution in [3.63, 3.8) is 0 Å². The minimum atomic E-state index is -0.341. The Morgan fingerprint density at radius 3 is 2.85 bits per heavy atom. The average Bonchev–Trinajstić information content (AvgIpc) is 3.32. The van der Waals surface area contributed by atoms with Crippen LogP contribution < -0.4 is 10.2 Å². The molecule has 1 aliphatic heterocycles. The third kappa shape index (κ3) is 3.00. The molecule has 0 spiro atoms. The highest BCUT2D eigenvalue weighted by Gasteiger charge is 2.35. The van der Waals surface area contributed by atoms with Crippen LogP contribution in [0.2, 0.25) is 0 Å². The molecule has 136 valence electrons. The van der Waals surface area contributed by atoms with Gasteiger partial charge in [0, 0.05) is 30.8 Å². The molecule has 2 aliphatic rings. The molecule has 2 amide bonds. The maximum absolute atomic E-state index is 12.7. The molecule has 6 nitrogen and oxygen atoms in total. The van der Waals surface area contributed by atoms with Crippen LogP contribution in [-0.2, 0) is 22.4 Å². The third-order valence-corrected chi connectivity index (χ3v) is 5.30. The smallest absolute Gasteiger partial charge is 0.230 e. The first-order valence-electron chi connectivity index (χ1n) is 9.29. The van der Waals surface area contributed by atoms with Gasteiger partial charge in [0.2, 0.25) is 11.8 Å². The van der Waals surface area contributed by atoms with Crippen LogP contribution in [0, 0.1) is 5.92 Å². The lowest BCUT2D eigenvalue weighted by atomic mass is 10.1. The van der Waals surface area contributed by atoms with E-state index in [9.17, 15) is 9.59 Å². The van der Waals surface area contributed by atoms with Gasteiger partial charge in [-0.25, -0.2) is 4.68 Å². The first kappa shape index (κ1) is 16.8. The van der Waals surface area contributed by atoms with Crippen molar-refractivity contribution in [2.75, 3.05) is 16.8 Å². The molecule has 0 unspecified atom stereocenters. The fraction of sp³-hybridized carbons (Fsp3) is 0.450. The lowest BCUT2D eigenvalue weighted by Crippen LogP contribution is -2.29. The van der Waals surface area contributed by atoms with Gasteiger partial charge in [-0.1, -0.05) is 6.07 Å². The summed E-state index contributed by atoms with van der Waals surface area (Å²) in [5.74, 6) is 0.226. The van der Waals surface area contributed by atoms with E-state index in [4.69, 9.17) is 0 Å². The van der Waals surface area contributed by atoms with Gasteiger partial charge < -0.3 is 10.2 Å². The Hall–Kier alpha value is -2.63. The molecule has 6 heteroatoms. The number of aryl methyl sites for hydroxylation is 2. The van der Waals surface area contributed by atoms with Gasteiger partial charge in [-0.3, -0.25) is 9.59 Å². The number of carbonyl (C=O) groups excluding carboxylic acids is 2. The summed E-state index contributed by atoms with van der Waals surface area (Å²) in [5.41, 5.74) is 3.64. The molecule has 0 saturated carbocycles. The SMILES string of the molecule is CC(C)n1nccc1NC(=O)[C@H]1CC(=O)N(c2ccc3c(c2)CCC3)C1. The third-order valence-electron chi connectivity index (χ3n) is 5.30. The van der Waals surface area contributed by atoms with Crippen molar-refractivity contribution in [3.05, 3.63) is 41.6 Å². The van der Waals surface area contributed by atoms with Crippen LogP contribution in [0.4, 0.5) is 11.5 Å². The van der Waals surface area contributed by atoms with E-state index in [0.29, 0.717) is 12.4 Å². The maximum Gasteiger partial charge on any atom is 0.230 e. The number of hydrogen-bond acceptors (Lipinski definition) is 3. The summed E-state index contributed by atoms with van der Waals surface area (Å²) in [6.07, 6.45) is 5.30. The normalized spacial score (nSPS) is 19.3. The van der Waals surface area contributed by atoms with Gasteiger partial charge in [-0.2, -0.15) is 5.10 Å². The summed E-state index contributed by atoms with van der Waals surface area (Å²) >= 11 is 0. The van der Waals surface area contributed by atoms with Crippen molar-refractivity contribution in [2.24, 2.45) is 5.92 Å². The Morgan fingerprint density at radius 2 is 2.04 bits per heavy atom. The lowest BCUT2D eigenvalue weighted by molar-refractivity contribution is -0.122. The van der Waals surface area contributed by atoms with E-state index in [0.717, 1.165) is 18.5 Å². The molecule has 0 radical (unpaired) electrons. The van der Waals surface area contributed by atoms with E-state index in [-0.39, 0.29) is 30.2 Å². The number of fused-ring (bicyclic) bond motifs is 1. The number of anilines is 2. The zero-order chi connectivity index (χ0) is 18.3. The van der Waals surface area contributed by atoms with E-state index < -0.39 is 0 Å². The Balaban J connectivity index is 1.47. The molecule has 1 aromatic carbocycles. The first-order valence-corrected chi connectivity index (χ1v) is 9.29. The van der Waals surface area contributed by atoms with Crippen molar-refractivity contribution in [3.8, 4) is 0 Å². The zero-order valence-corrected chi connectivity index (χ0v) is 15.2. The van der Waals surface area contributed by atoms with Crippen LogP contribution in [0.15, 0.2) is 30.5 Å². The predicted octanol–water partition coefficient (Wildman–Crippen LogP) is 2.94. The molecule has 0 bridgehead atoms. The number of hydrogen-bond donors (Lipinski definition) is 1. The fourth-order valence-electron chi connectivity index (χ4n) is 3.91. The lowest BCUT2D eigenvalue weighted by Gasteiger charge is -2.18. The van der Waals surface area contributed by atoms with Crippen LogP contribution in [0.25, 0.3) is 0 Å². The molecule has 1 aromatic heterocycles. The quantitative estimate of drug-likeness (QED) is 0.920. The number of nitrogens with one attached hydrogen (secondary N) is 1. The molecule has 2 heterocycles. The predicted molar refractivity (Wildman–Crippen MR) is 100 cm³/mol. The van der Waals surface area contributed by atoms with Gasteiger partial charge in [0.15, 0.2) is 0 Å². The summed E-state index contributed by atoms with van der Waals surface area (Å²) in [7, 11) is 0. The Kier molecular flexibility index (Phi) is 4.26. The van der Waals surface area contributed by atoms with Crippen LogP contribution in [0.3, 0.4) is 0 Å². The zero-order valence-electron chi connectivity index (χ0n) is 15.2. The molecular weight excluding hydrogens is 328 g/mol. The van der Waals surface area contributed by atoms with Gasteiger partial charge in [-0.15, -0.1) is 0 Å². The van der Waals surface area contributed by atoms with Crippen LogP contribution in [0.5, 0.6) is 0 Å². The molecular formula is C20H24N4O2. The highest BCUT2D eigenvalue weighted by molar-refractivity contribution is 6.03. The molecule has 26 heavy (non-hydrogen) atoms. The Bertz CT molecular complexity index is 855. The van der Waals surface area contributed by atoms with E-state index in [1.54, 1.807) is 21.8 Å². The highest BCUT2D eigenvalue weighted by Crippen LogP contribution is 2.31. The fourth-order valence-corrected chi connectivity index (χ4v) is 3.91. The van der Waals surface area contributed by atoms with E-state index in [1.165, 1.54) is 17.5 Å². The molecule has 2 aromatic rings. The second-order valence-corrected chi connectivity index (χ2v) is 7.46. The maximum atomic E-state index is 12.7. The summed E-state index contributed by atoms with van der Waals surface area (Å²) < 4.78 is 1.77. The first-order chi connectivity index (χ1) is 12.5. The number of rotatable bonds is 4. The topological polar surface area (TPSA) is 67.2 Å². The summed E-state index contributed by atoms with van der Waals surface area (Å²) in [4.78, 5) is 26.9. The van der Waals surface area contributed by atoms with Crippen molar-refractivity contribution in [2.45, 2.75) is 45.6 Å². The molecule has 1 N–H and O–H groups in total. The molecule has 1 saturated heterocycles. The van der Waals surface area contributed by atoms with Gasteiger partial charge >= 0.3 is 0 Å². The summed E-state index contributed by atoms with van der Waals surface area (Å²) in [6, 6.07) is 8.20. The van der Waals surface area contributed by atoms with Crippen molar-refractivity contribution in [1.82, 2.24) is 9.78 Å². The minimum Gasteiger partial charge on any atom is -0.312 e. The van der Waals surface area contributed by atoms with Gasteiger partial charge in [0.05, 0.1) is 12.1 Å². The average molecular weight is 352 g/mol. The van der Waals surface area contributed by atoms with Crippen LogP contribution >= 0.6 is 0 Å². The van der Waals surface area contributed by atoms with Crippen molar-refractivity contribution >= 4 is 23.3 Å². The van der Waals surface area contributed by atoms with Crippen molar-refractivity contribution in [1.29, 1.82) is 0 Å². The van der Waals surface area contributed by atoms with E-state index >= 15 is 0 Å². The van der Waals surface area contributed by atoms with Gasteiger partial charge in [-0.05, 0) is 56.4 Å². The largest absolute Gasteiger partial charge is 0.312 e. The van der Waals surface area contributed by atoms with Gasteiger partial charge in [0.25, 0.3) is 0 Å². The number of aromatic nitrogens is 2.